The molecule has 0 saturated heterocycles. The van der Waals surface area contributed by atoms with E-state index in [9.17, 15) is 14.9 Å². The molecule has 0 spiro atoms. The van der Waals surface area contributed by atoms with Crippen LogP contribution in [0.4, 0.5) is 11.4 Å². The highest BCUT2D eigenvalue weighted by atomic mass is 79.9. The lowest BCUT2D eigenvalue weighted by atomic mass is 10.1. The van der Waals surface area contributed by atoms with E-state index in [0.717, 1.165) is 10.0 Å². The van der Waals surface area contributed by atoms with Crippen LogP contribution in [0, 0.1) is 10.1 Å². The maximum absolute atomic E-state index is 12.0. The van der Waals surface area contributed by atoms with Crippen molar-refractivity contribution in [3.63, 3.8) is 0 Å². The summed E-state index contributed by atoms with van der Waals surface area (Å²) >= 11 is 3.45. The summed E-state index contributed by atoms with van der Waals surface area (Å²) in [4.78, 5) is 22.3. The lowest BCUT2D eigenvalue weighted by Crippen LogP contribution is -2.32. The fourth-order valence-corrected chi connectivity index (χ4v) is 2.74. The molecule has 23 heavy (non-hydrogen) atoms. The summed E-state index contributed by atoms with van der Waals surface area (Å²) in [6.07, 6.45) is 0. The summed E-state index contributed by atoms with van der Waals surface area (Å²) in [5.74, 6) is -0.195. The van der Waals surface area contributed by atoms with Crippen LogP contribution in [0.3, 0.4) is 0 Å². The molecule has 2 aromatic carbocycles. The molecule has 2 N–H and O–H groups in total. The van der Waals surface area contributed by atoms with Gasteiger partial charge in [0.2, 0.25) is 5.91 Å². The molecule has 6 nitrogen and oxygen atoms in total. The fraction of sp³-hybridized carbons (Fsp3) is 0.188. The molecule has 7 heteroatoms. The zero-order valence-corrected chi connectivity index (χ0v) is 14.0. The minimum Gasteiger partial charge on any atom is -0.376 e. The van der Waals surface area contributed by atoms with Gasteiger partial charge in [-0.15, -0.1) is 0 Å². The zero-order valence-electron chi connectivity index (χ0n) is 12.5. The minimum atomic E-state index is -0.472. The third-order valence-electron chi connectivity index (χ3n) is 3.26. The molecule has 0 aromatic heterocycles. The molecule has 0 bridgehead atoms. The Balaban J connectivity index is 1.91. The third-order valence-corrected chi connectivity index (χ3v) is 3.98. The molecular weight excluding hydrogens is 362 g/mol. The summed E-state index contributed by atoms with van der Waals surface area (Å²) in [7, 11) is 0. The van der Waals surface area contributed by atoms with E-state index in [4.69, 9.17) is 0 Å². The average molecular weight is 378 g/mol. The molecule has 0 unspecified atom stereocenters. The number of hydrogen-bond donors (Lipinski definition) is 2. The van der Waals surface area contributed by atoms with Crippen molar-refractivity contribution in [2.75, 3.05) is 11.9 Å². The van der Waals surface area contributed by atoms with E-state index in [2.05, 4.69) is 26.6 Å². The molecule has 1 atom stereocenters. The second-order valence-corrected chi connectivity index (χ2v) is 5.83. The van der Waals surface area contributed by atoms with Crippen molar-refractivity contribution in [3.8, 4) is 0 Å². The van der Waals surface area contributed by atoms with E-state index in [1.54, 1.807) is 12.1 Å². The van der Waals surface area contributed by atoms with Gasteiger partial charge < -0.3 is 10.6 Å². The van der Waals surface area contributed by atoms with E-state index in [1.807, 2.05) is 31.2 Å². The minimum absolute atomic E-state index is 0.0167. The SMILES string of the molecule is C[C@H](NC(=O)CNc1cccc([N+](=O)[O-])c1)c1ccccc1Br. The molecule has 0 fully saturated rings. The summed E-state index contributed by atoms with van der Waals surface area (Å²) in [5.41, 5.74) is 1.50. The first-order chi connectivity index (χ1) is 11.0. The van der Waals surface area contributed by atoms with E-state index < -0.39 is 4.92 Å². The topological polar surface area (TPSA) is 84.3 Å². The van der Waals surface area contributed by atoms with Crippen LogP contribution in [0.1, 0.15) is 18.5 Å². The van der Waals surface area contributed by atoms with Gasteiger partial charge in [0.25, 0.3) is 5.69 Å². The quantitative estimate of drug-likeness (QED) is 0.594. The van der Waals surface area contributed by atoms with Crippen molar-refractivity contribution in [3.05, 3.63) is 68.7 Å². The number of halogens is 1. The van der Waals surface area contributed by atoms with Gasteiger partial charge in [-0.25, -0.2) is 0 Å². The van der Waals surface area contributed by atoms with Crippen molar-refractivity contribution in [1.29, 1.82) is 0 Å². The number of non-ortho nitro benzene ring substituents is 1. The number of benzene rings is 2. The Morgan fingerprint density at radius 2 is 2.00 bits per heavy atom. The van der Waals surface area contributed by atoms with Gasteiger partial charge in [-0.1, -0.05) is 40.2 Å². The highest BCUT2D eigenvalue weighted by Crippen LogP contribution is 2.22. The normalized spacial score (nSPS) is 11.6. The lowest BCUT2D eigenvalue weighted by molar-refractivity contribution is -0.384. The van der Waals surface area contributed by atoms with E-state index in [1.165, 1.54) is 12.1 Å². The summed E-state index contributed by atoms with van der Waals surface area (Å²) in [5, 5.41) is 16.5. The lowest BCUT2D eigenvalue weighted by Gasteiger charge is -2.16. The molecule has 2 aromatic rings. The first kappa shape index (κ1) is 17.0. The summed E-state index contributed by atoms with van der Waals surface area (Å²) in [6.45, 7) is 1.93. The number of hydrogen-bond acceptors (Lipinski definition) is 4. The molecule has 2 rings (SSSR count). The maximum atomic E-state index is 12.0. The Morgan fingerprint density at radius 1 is 1.26 bits per heavy atom. The van der Waals surface area contributed by atoms with Crippen molar-refractivity contribution in [2.45, 2.75) is 13.0 Å². The predicted molar refractivity (Wildman–Crippen MR) is 92.3 cm³/mol. The summed E-state index contributed by atoms with van der Waals surface area (Å²) in [6, 6.07) is 13.6. The Labute approximate surface area is 142 Å². The van der Waals surface area contributed by atoms with Crippen LogP contribution in [0.15, 0.2) is 53.0 Å². The van der Waals surface area contributed by atoms with Crippen LogP contribution in [0.5, 0.6) is 0 Å². The zero-order chi connectivity index (χ0) is 16.8. The van der Waals surface area contributed by atoms with Crippen molar-refractivity contribution >= 4 is 33.2 Å². The first-order valence-electron chi connectivity index (χ1n) is 6.99. The Hall–Kier alpha value is -2.41. The Bertz CT molecular complexity index is 721. The number of carbonyl (C=O) groups is 1. The third kappa shape index (κ3) is 4.79. The largest absolute Gasteiger partial charge is 0.376 e. The highest BCUT2D eigenvalue weighted by Gasteiger charge is 2.12. The second-order valence-electron chi connectivity index (χ2n) is 4.97. The van der Waals surface area contributed by atoms with E-state index in [0.29, 0.717) is 5.69 Å². The number of nitro benzene ring substituents is 1. The Morgan fingerprint density at radius 3 is 2.70 bits per heavy atom. The highest BCUT2D eigenvalue weighted by molar-refractivity contribution is 9.10. The smallest absolute Gasteiger partial charge is 0.271 e. The van der Waals surface area contributed by atoms with Crippen molar-refractivity contribution < 1.29 is 9.72 Å². The molecule has 0 aliphatic carbocycles. The van der Waals surface area contributed by atoms with E-state index in [-0.39, 0.29) is 24.2 Å². The molecule has 120 valence electrons. The maximum Gasteiger partial charge on any atom is 0.271 e. The van der Waals surface area contributed by atoms with Gasteiger partial charge in [-0.3, -0.25) is 14.9 Å². The number of anilines is 1. The van der Waals surface area contributed by atoms with Crippen molar-refractivity contribution in [1.82, 2.24) is 5.32 Å². The van der Waals surface area contributed by atoms with Gasteiger partial charge in [-0.2, -0.15) is 0 Å². The van der Waals surface area contributed by atoms with Crippen LogP contribution < -0.4 is 10.6 Å². The molecular formula is C16H16BrN3O3. The number of nitro groups is 1. The van der Waals surface area contributed by atoms with Gasteiger partial charge >= 0.3 is 0 Å². The van der Waals surface area contributed by atoms with Gasteiger partial charge in [0.05, 0.1) is 17.5 Å². The molecule has 0 heterocycles. The van der Waals surface area contributed by atoms with Gasteiger partial charge in [0.15, 0.2) is 0 Å². The number of nitrogens with zero attached hydrogens (tertiary/aromatic N) is 1. The molecule has 0 aliphatic heterocycles. The van der Waals surface area contributed by atoms with Gasteiger partial charge in [0, 0.05) is 22.3 Å². The van der Waals surface area contributed by atoms with Crippen LogP contribution in [0.2, 0.25) is 0 Å². The van der Waals surface area contributed by atoms with Gasteiger partial charge in [-0.05, 0) is 24.6 Å². The second kappa shape index (κ2) is 7.73. The first-order valence-corrected chi connectivity index (χ1v) is 7.79. The van der Waals surface area contributed by atoms with Gasteiger partial charge in [0.1, 0.15) is 0 Å². The van der Waals surface area contributed by atoms with E-state index >= 15 is 0 Å². The number of nitrogens with one attached hydrogen (secondary N) is 2. The standard InChI is InChI=1S/C16H16BrN3O3/c1-11(14-7-2-3-8-15(14)17)19-16(21)10-18-12-5-4-6-13(9-12)20(22)23/h2-9,11,18H,10H2,1H3,(H,19,21)/t11-/m0/s1. The predicted octanol–water partition coefficient (Wildman–Crippen LogP) is 3.65. The van der Waals surface area contributed by atoms with Crippen LogP contribution in [-0.4, -0.2) is 17.4 Å². The Kier molecular flexibility index (Phi) is 5.70. The fourth-order valence-electron chi connectivity index (χ4n) is 2.11. The summed E-state index contributed by atoms with van der Waals surface area (Å²) < 4.78 is 0.930. The number of carbonyl (C=O) groups excluding carboxylic acids is 1. The molecule has 0 saturated carbocycles. The number of rotatable bonds is 6. The van der Waals surface area contributed by atoms with Crippen molar-refractivity contribution in [2.24, 2.45) is 0 Å². The average Bonchev–Trinajstić information content (AvgIpc) is 2.53. The number of amides is 1. The van der Waals surface area contributed by atoms with Crippen LogP contribution >= 0.6 is 15.9 Å². The molecule has 1 amide bonds. The van der Waals surface area contributed by atoms with Crippen LogP contribution in [0.25, 0.3) is 0 Å². The molecule has 0 aliphatic rings. The van der Waals surface area contributed by atoms with Crippen LogP contribution in [-0.2, 0) is 4.79 Å². The monoisotopic (exact) mass is 377 g/mol. The molecule has 0 radical (unpaired) electrons.